The van der Waals surface area contributed by atoms with Crippen LogP contribution in [0.1, 0.15) is 22.7 Å². The molecule has 1 nitrogen and oxygen atoms in total. The van der Waals surface area contributed by atoms with Gasteiger partial charge >= 0.3 is 0 Å². The van der Waals surface area contributed by atoms with Crippen molar-refractivity contribution >= 4 is 11.6 Å². The Morgan fingerprint density at radius 2 is 1.95 bits per heavy atom. The van der Waals surface area contributed by atoms with E-state index >= 15 is 0 Å². The van der Waals surface area contributed by atoms with E-state index < -0.39 is 11.6 Å². The molecule has 1 aliphatic rings. The molecular weight excluding hydrogens is 280 g/mol. The molecule has 0 heterocycles. The molecule has 4 heteroatoms. The molecule has 1 aliphatic carbocycles. The Morgan fingerprint density at radius 1 is 1.15 bits per heavy atom. The van der Waals surface area contributed by atoms with Crippen molar-refractivity contribution in [2.45, 2.75) is 24.4 Å². The van der Waals surface area contributed by atoms with E-state index in [4.69, 9.17) is 11.6 Å². The van der Waals surface area contributed by atoms with Crippen molar-refractivity contribution in [2.24, 2.45) is 0 Å². The predicted octanol–water partition coefficient (Wildman–Crippen LogP) is 3.96. The maximum Gasteiger partial charge on any atom is 0.127 e. The lowest BCUT2D eigenvalue weighted by atomic mass is 10.1. The average Bonchev–Trinajstić information content (AvgIpc) is 2.75. The Balaban J connectivity index is 1.77. The van der Waals surface area contributed by atoms with Crippen molar-refractivity contribution in [3.05, 3.63) is 70.8 Å². The third kappa shape index (κ3) is 2.56. The first-order chi connectivity index (χ1) is 9.65. The van der Waals surface area contributed by atoms with Crippen LogP contribution < -0.4 is 5.32 Å². The number of benzene rings is 2. The summed E-state index contributed by atoms with van der Waals surface area (Å²) in [6, 6.07) is 11.5. The number of alkyl halides is 1. The van der Waals surface area contributed by atoms with Gasteiger partial charge in [0.25, 0.3) is 0 Å². The van der Waals surface area contributed by atoms with Gasteiger partial charge in [-0.1, -0.05) is 24.3 Å². The highest BCUT2D eigenvalue weighted by Gasteiger charge is 2.30. The van der Waals surface area contributed by atoms with Gasteiger partial charge in [0.2, 0.25) is 0 Å². The van der Waals surface area contributed by atoms with E-state index in [-0.39, 0.29) is 18.0 Å². The molecule has 2 unspecified atom stereocenters. The van der Waals surface area contributed by atoms with Crippen molar-refractivity contribution in [2.75, 3.05) is 0 Å². The van der Waals surface area contributed by atoms with Crippen molar-refractivity contribution < 1.29 is 8.78 Å². The van der Waals surface area contributed by atoms with E-state index in [0.717, 1.165) is 24.1 Å². The number of nitrogens with one attached hydrogen (secondary N) is 1. The molecule has 0 aliphatic heterocycles. The minimum absolute atomic E-state index is 0.0319. The van der Waals surface area contributed by atoms with Gasteiger partial charge in [0.15, 0.2) is 0 Å². The second-order valence-corrected chi connectivity index (χ2v) is 5.57. The SMILES string of the molecule is Fc1ccc(F)c(CNC2c3ccccc3CC2Cl)c1. The molecule has 0 amide bonds. The van der Waals surface area contributed by atoms with Crippen LogP contribution in [0.3, 0.4) is 0 Å². The molecule has 20 heavy (non-hydrogen) atoms. The fraction of sp³-hybridized carbons (Fsp3) is 0.250. The fourth-order valence-electron chi connectivity index (χ4n) is 2.68. The minimum atomic E-state index is -0.433. The largest absolute Gasteiger partial charge is 0.304 e. The molecule has 2 atom stereocenters. The van der Waals surface area contributed by atoms with Gasteiger partial charge in [-0.15, -0.1) is 11.6 Å². The number of halogens is 3. The quantitative estimate of drug-likeness (QED) is 0.845. The van der Waals surface area contributed by atoms with Crippen molar-refractivity contribution in [1.82, 2.24) is 5.32 Å². The molecular formula is C16H14ClF2N. The Kier molecular flexibility index (Phi) is 3.72. The average molecular weight is 294 g/mol. The topological polar surface area (TPSA) is 12.0 Å². The van der Waals surface area contributed by atoms with E-state index in [0.29, 0.717) is 5.56 Å². The van der Waals surface area contributed by atoms with Gasteiger partial charge in [-0.2, -0.15) is 0 Å². The lowest BCUT2D eigenvalue weighted by Gasteiger charge is -2.17. The summed E-state index contributed by atoms with van der Waals surface area (Å²) >= 11 is 6.35. The second kappa shape index (κ2) is 5.51. The van der Waals surface area contributed by atoms with Crippen molar-refractivity contribution in [3.63, 3.8) is 0 Å². The van der Waals surface area contributed by atoms with Crippen LogP contribution in [0.2, 0.25) is 0 Å². The maximum atomic E-state index is 13.6. The number of fused-ring (bicyclic) bond motifs is 1. The van der Waals surface area contributed by atoms with Crippen molar-refractivity contribution in [1.29, 1.82) is 0 Å². The standard InChI is InChI=1S/C16H14ClF2N/c17-14-8-10-3-1-2-4-13(10)16(14)20-9-11-7-12(18)5-6-15(11)19/h1-7,14,16,20H,8-9H2. The van der Waals surface area contributed by atoms with E-state index in [1.807, 2.05) is 18.2 Å². The van der Waals surface area contributed by atoms with Crippen LogP contribution in [-0.2, 0) is 13.0 Å². The molecule has 1 N–H and O–H groups in total. The van der Waals surface area contributed by atoms with Crippen LogP contribution in [0.15, 0.2) is 42.5 Å². The first-order valence-electron chi connectivity index (χ1n) is 6.54. The fourth-order valence-corrected chi connectivity index (χ4v) is 3.07. The highest BCUT2D eigenvalue weighted by atomic mass is 35.5. The summed E-state index contributed by atoms with van der Waals surface area (Å²) in [4.78, 5) is 0. The first-order valence-corrected chi connectivity index (χ1v) is 6.98. The minimum Gasteiger partial charge on any atom is -0.304 e. The molecule has 0 aromatic heterocycles. The zero-order valence-electron chi connectivity index (χ0n) is 10.7. The third-order valence-electron chi connectivity index (χ3n) is 3.69. The van der Waals surface area contributed by atoms with E-state index in [9.17, 15) is 8.78 Å². The monoisotopic (exact) mass is 293 g/mol. The molecule has 2 aromatic carbocycles. The molecule has 2 aromatic rings. The third-order valence-corrected chi connectivity index (χ3v) is 4.09. The van der Waals surface area contributed by atoms with Crippen LogP contribution in [0.25, 0.3) is 0 Å². The van der Waals surface area contributed by atoms with Crippen LogP contribution in [0.4, 0.5) is 8.78 Å². The molecule has 0 radical (unpaired) electrons. The van der Waals surface area contributed by atoms with Crippen LogP contribution in [0.5, 0.6) is 0 Å². The van der Waals surface area contributed by atoms with E-state index in [2.05, 4.69) is 11.4 Å². The summed E-state index contributed by atoms with van der Waals surface area (Å²) in [6.45, 7) is 0.256. The van der Waals surface area contributed by atoms with Crippen LogP contribution >= 0.6 is 11.6 Å². The van der Waals surface area contributed by atoms with Gasteiger partial charge in [0.05, 0.1) is 5.38 Å². The van der Waals surface area contributed by atoms with Gasteiger partial charge in [0, 0.05) is 18.2 Å². The smallest absolute Gasteiger partial charge is 0.127 e. The van der Waals surface area contributed by atoms with E-state index in [1.54, 1.807) is 0 Å². The summed E-state index contributed by atoms with van der Waals surface area (Å²) in [7, 11) is 0. The van der Waals surface area contributed by atoms with Crippen LogP contribution in [0, 0.1) is 11.6 Å². The Labute approximate surface area is 121 Å². The van der Waals surface area contributed by atoms with Gasteiger partial charge in [-0.3, -0.25) is 0 Å². The summed E-state index contributed by atoms with van der Waals surface area (Å²) in [5.41, 5.74) is 2.67. The first kappa shape index (κ1) is 13.5. The molecule has 0 fully saturated rings. The van der Waals surface area contributed by atoms with E-state index in [1.165, 1.54) is 11.6 Å². The van der Waals surface area contributed by atoms with Crippen molar-refractivity contribution in [3.8, 4) is 0 Å². The Hall–Kier alpha value is -1.45. The second-order valence-electron chi connectivity index (χ2n) is 5.01. The van der Waals surface area contributed by atoms with Gasteiger partial charge in [-0.05, 0) is 35.7 Å². The predicted molar refractivity (Wildman–Crippen MR) is 75.7 cm³/mol. The molecule has 0 bridgehead atoms. The number of hydrogen-bond donors (Lipinski definition) is 1. The zero-order valence-corrected chi connectivity index (χ0v) is 11.5. The summed E-state index contributed by atoms with van der Waals surface area (Å²) in [5, 5.41) is 3.17. The van der Waals surface area contributed by atoms with Gasteiger partial charge < -0.3 is 5.32 Å². The molecule has 3 rings (SSSR count). The number of hydrogen-bond acceptors (Lipinski definition) is 1. The summed E-state index contributed by atoms with van der Waals surface area (Å²) < 4.78 is 26.7. The lowest BCUT2D eigenvalue weighted by Crippen LogP contribution is -2.25. The number of rotatable bonds is 3. The lowest BCUT2D eigenvalue weighted by molar-refractivity contribution is 0.513. The molecule has 0 saturated heterocycles. The Bertz CT molecular complexity index is 630. The van der Waals surface area contributed by atoms with Gasteiger partial charge in [-0.25, -0.2) is 8.78 Å². The zero-order chi connectivity index (χ0) is 14.1. The normalized spacial score (nSPS) is 20.9. The Morgan fingerprint density at radius 3 is 2.80 bits per heavy atom. The highest BCUT2D eigenvalue weighted by molar-refractivity contribution is 6.21. The summed E-state index contributed by atoms with van der Waals surface area (Å²) in [5.74, 6) is -0.839. The molecule has 104 valence electrons. The highest BCUT2D eigenvalue weighted by Crippen LogP contribution is 2.34. The summed E-state index contributed by atoms with van der Waals surface area (Å²) in [6.07, 6.45) is 0.793. The van der Waals surface area contributed by atoms with Gasteiger partial charge in [0.1, 0.15) is 11.6 Å². The maximum absolute atomic E-state index is 13.6. The van der Waals surface area contributed by atoms with Crippen LogP contribution in [-0.4, -0.2) is 5.38 Å². The molecule has 0 saturated carbocycles. The molecule has 0 spiro atoms.